The highest BCUT2D eigenvalue weighted by Crippen LogP contribution is 2.35. The van der Waals surface area contributed by atoms with E-state index in [2.05, 4.69) is 0 Å². The zero-order valence-corrected chi connectivity index (χ0v) is 14.1. The molecule has 5 heteroatoms. The monoisotopic (exact) mass is 343 g/mol. The summed E-state index contributed by atoms with van der Waals surface area (Å²) in [6, 6.07) is 16.8. The number of hydrogen-bond donors (Lipinski definition) is 0. The fourth-order valence-electron chi connectivity index (χ4n) is 2.93. The third-order valence-electron chi connectivity index (χ3n) is 4.34. The molecular formula is C19H18ClNO3. The highest BCUT2D eigenvalue weighted by atomic mass is 35.5. The van der Waals surface area contributed by atoms with Gasteiger partial charge in [0.1, 0.15) is 12.1 Å². The maximum absolute atomic E-state index is 12.7. The van der Waals surface area contributed by atoms with Crippen molar-refractivity contribution in [2.75, 3.05) is 6.61 Å². The van der Waals surface area contributed by atoms with Crippen LogP contribution < -0.4 is 0 Å². The van der Waals surface area contributed by atoms with E-state index >= 15 is 0 Å². The van der Waals surface area contributed by atoms with Crippen molar-refractivity contribution in [3.05, 3.63) is 70.7 Å². The van der Waals surface area contributed by atoms with Gasteiger partial charge in [-0.15, -0.1) is 0 Å². The topological polar surface area (TPSA) is 46.6 Å². The smallest absolute Gasteiger partial charge is 0.417 e. The molecule has 0 N–H and O–H groups in total. The van der Waals surface area contributed by atoms with Crippen LogP contribution in [0.4, 0.5) is 4.79 Å². The average molecular weight is 344 g/mol. The second kappa shape index (κ2) is 6.65. The van der Waals surface area contributed by atoms with Crippen molar-refractivity contribution in [1.29, 1.82) is 0 Å². The number of hydrogen-bond acceptors (Lipinski definition) is 3. The lowest BCUT2D eigenvalue weighted by Gasteiger charge is -2.30. The molecular weight excluding hydrogens is 326 g/mol. The highest BCUT2D eigenvalue weighted by molar-refractivity contribution is 6.30. The van der Waals surface area contributed by atoms with E-state index in [4.69, 9.17) is 16.3 Å². The molecule has 1 saturated heterocycles. The van der Waals surface area contributed by atoms with Crippen molar-refractivity contribution in [2.24, 2.45) is 0 Å². The van der Waals surface area contributed by atoms with E-state index in [1.807, 2.05) is 49.4 Å². The van der Waals surface area contributed by atoms with Crippen LogP contribution in [0.5, 0.6) is 0 Å². The molecule has 0 spiro atoms. The molecule has 0 aliphatic carbocycles. The van der Waals surface area contributed by atoms with Gasteiger partial charge < -0.3 is 4.74 Å². The largest absolute Gasteiger partial charge is 0.446 e. The van der Waals surface area contributed by atoms with E-state index in [0.717, 1.165) is 11.1 Å². The second-order valence-electron chi connectivity index (χ2n) is 6.05. The minimum atomic E-state index is -0.768. The Morgan fingerprint density at radius 1 is 1.17 bits per heavy atom. The van der Waals surface area contributed by atoms with Crippen LogP contribution in [0.25, 0.3) is 0 Å². The van der Waals surface area contributed by atoms with Gasteiger partial charge in [-0.2, -0.15) is 0 Å². The fraction of sp³-hybridized carbons (Fsp3) is 0.263. The first kappa shape index (κ1) is 16.5. The Labute approximate surface area is 146 Å². The predicted molar refractivity (Wildman–Crippen MR) is 91.8 cm³/mol. The Hall–Kier alpha value is -2.33. The predicted octanol–water partition coefficient (Wildman–Crippen LogP) is 4.17. The van der Waals surface area contributed by atoms with Crippen LogP contribution in [0, 0.1) is 0 Å². The zero-order chi connectivity index (χ0) is 17.2. The first-order valence-electron chi connectivity index (χ1n) is 7.80. The number of aryl methyl sites for hydroxylation is 1. The van der Waals surface area contributed by atoms with Gasteiger partial charge in [0, 0.05) is 11.4 Å². The summed E-state index contributed by atoms with van der Waals surface area (Å²) in [7, 11) is 0. The molecule has 1 atom stereocenters. The third-order valence-corrected chi connectivity index (χ3v) is 4.59. The standard InChI is InChI=1S/C19H18ClNO3/c1-19(15-5-3-2-4-6-15)13-24-18(23)21(19)17(22)12-9-14-7-10-16(20)11-8-14/h2-8,10-11H,9,12-13H2,1H3/t19-/m0/s1. The third kappa shape index (κ3) is 3.15. The number of benzene rings is 2. The van der Waals surface area contributed by atoms with Crippen LogP contribution in [0.15, 0.2) is 54.6 Å². The van der Waals surface area contributed by atoms with E-state index in [-0.39, 0.29) is 18.9 Å². The first-order chi connectivity index (χ1) is 11.5. The highest BCUT2D eigenvalue weighted by Gasteiger charge is 2.48. The minimum Gasteiger partial charge on any atom is -0.446 e. The SMILES string of the molecule is C[C@@]1(c2ccccc2)COC(=O)N1C(=O)CCc1ccc(Cl)cc1. The number of halogens is 1. The summed E-state index contributed by atoms with van der Waals surface area (Å²) in [5, 5.41) is 0.657. The van der Waals surface area contributed by atoms with E-state index in [1.54, 1.807) is 12.1 Å². The lowest BCUT2D eigenvalue weighted by molar-refractivity contribution is -0.131. The molecule has 24 heavy (non-hydrogen) atoms. The van der Waals surface area contributed by atoms with Crippen molar-refractivity contribution in [2.45, 2.75) is 25.3 Å². The lowest BCUT2D eigenvalue weighted by atomic mass is 9.91. The van der Waals surface area contributed by atoms with E-state index < -0.39 is 11.6 Å². The van der Waals surface area contributed by atoms with Crippen molar-refractivity contribution >= 4 is 23.6 Å². The van der Waals surface area contributed by atoms with Gasteiger partial charge in [-0.3, -0.25) is 4.79 Å². The molecule has 1 aliphatic heterocycles. The van der Waals surface area contributed by atoms with Crippen LogP contribution >= 0.6 is 11.6 Å². The fourth-order valence-corrected chi connectivity index (χ4v) is 3.06. The summed E-state index contributed by atoms with van der Waals surface area (Å²) in [5.41, 5.74) is 1.12. The van der Waals surface area contributed by atoms with Gasteiger partial charge in [0.05, 0.1) is 0 Å². The molecule has 0 unspecified atom stereocenters. The van der Waals surface area contributed by atoms with Gasteiger partial charge >= 0.3 is 6.09 Å². The number of imide groups is 1. The maximum atomic E-state index is 12.7. The molecule has 1 heterocycles. The molecule has 2 aromatic rings. The van der Waals surface area contributed by atoms with Gasteiger partial charge in [0.2, 0.25) is 5.91 Å². The Morgan fingerprint density at radius 3 is 2.50 bits per heavy atom. The van der Waals surface area contributed by atoms with Crippen LogP contribution in [-0.2, 0) is 21.5 Å². The molecule has 1 fully saturated rings. The Bertz CT molecular complexity index is 745. The molecule has 3 rings (SSSR count). The zero-order valence-electron chi connectivity index (χ0n) is 13.4. The quantitative estimate of drug-likeness (QED) is 0.837. The summed E-state index contributed by atoms with van der Waals surface area (Å²) in [6.45, 7) is 2.02. The number of amides is 2. The van der Waals surface area contributed by atoms with Gasteiger partial charge in [-0.05, 0) is 36.6 Å². The van der Waals surface area contributed by atoms with Gasteiger partial charge in [0.25, 0.3) is 0 Å². The molecule has 2 amide bonds. The number of nitrogens with zero attached hydrogens (tertiary/aromatic N) is 1. The summed E-state index contributed by atoms with van der Waals surface area (Å²) in [5.74, 6) is -0.237. The van der Waals surface area contributed by atoms with Crippen molar-refractivity contribution in [1.82, 2.24) is 4.90 Å². The molecule has 1 aliphatic rings. The van der Waals surface area contributed by atoms with Crippen LogP contribution in [0.2, 0.25) is 5.02 Å². The molecule has 0 saturated carbocycles. The molecule has 0 radical (unpaired) electrons. The van der Waals surface area contributed by atoms with E-state index in [0.29, 0.717) is 11.4 Å². The number of ether oxygens (including phenoxy) is 1. The Morgan fingerprint density at radius 2 is 1.83 bits per heavy atom. The van der Waals surface area contributed by atoms with Crippen molar-refractivity contribution in [3.63, 3.8) is 0 Å². The maximum Gasteiger partial charge on any atom is 0.417 e. The number of rotatable bonds is 4. The van der Waals surface area contributed by atoms with Gasteiger partial charge in [-0.1, -0.05) is 54.1 Å². The average Bonchev–Trinajstić information content (AvgIpc) is 2.91. The number of cyclic esters (lactones) is 1. The molecule has 4 nitrogen and oxygen atoms in total. The summed E-state index contributed by atoms with van der Waals surface area (Å²) < 4.78 is 5.17. The summed E-state index contributed by atoms with van der Waals surface area (Å²) >= 11 is 5.87. The molecule has 0 aromatic heterocycles. The van der Waals surface area contributed by atoms with Crippen LogP contribution in [0.3, 0.4) is 0 Å². The normalized spacial score (nSPS) is 20.1. The minimum absolute atomic E-state index is 0.169. The van der Waals surface area contributed by atoms with Gasteiger partial charge in [-0.25, -0.2) is 9.69 Å². The number of carbonyl (C=O) groups is 2. The molecule has 124 valence electrons. The lowest BCUT2D eigenvalue weighted by Crippen LogP contribution is -2.46. The van der Waals surface area contributed by atoms with Gasteiger partial charge in [0.15, 0.2) is 0 Å². The summed E-state index contributed by atoms with van der Waals surface area (Å²) in [4.78, 5) is 26.1. The second-order valence-corrected chi connectivity index (χ2v) is 6.49. The van der Waals surface area contributed by atoms with Crippen molar-refractivity contribution in [3.8, 4) is 0 Å². The van der Waals surface area contributed by atoms with Crippen LogP contribution in [-0.4, -0.2) is 23.5 Å². The Balaban J connectivity index is 1.76. The van der Waals surface area contributed by atoms with E-state index in [1.165, 1.54) is 4.90 Å². The van der Waals surface area contributed by atoms with E-state index in [9.17, 15) is 9.59 Å². The van der Waals surface area contributed by atoms with Crippen LogP contribution in [0.1, 0.15) is 24.5 Å². The Kier molecular flexibility index (Phi) is 4.58. The number of carbonyl (C=O) groups excluding carboxylic acids is 2. The van der Waals surface area contributed by atoms with Crippen molar-refractivity contribution < 1.29 is 14.3 Å². The summed E-state index contributed by atoms with van der Waals surface area (Å²) in [6.07, 6.45) is 0.200. The molecule has 0 bridgehead atoms. The first-order valence-corrected chi connectivity index (χ1v) is 8.18. The molecule has 2 aromatic carbocycles.